The van der Waals surface area contributed by atoms with Gasteiger partial charge < -0.3 is 16.0 Å². The Bertz CT molecular complexity index is 497. The van der Waals surface area contributed by atoms with Crippen LogP contribution in [0.4, 0.5) is 10.1 Å². The minimum absolute atomic E-state index is 0.230. The number of halogens is 1. The topological polar surface area (TPSA) is 41.3 Å². The van der Waals surface area contributed by atoms with Gasteiger partial charge in [-0.1, -0.05) is 12.2 Å². The summed E-state index contributed by atoms with van der Waals surface area (Å²) in [6, 6.07) is 5.27. The van der Waals surface area contributed by atoms with Crippen molar-refractivity contribution in [1.82, 2.24) is 4.90 Å². The van der Waals surface area contributed by atoms with Crippen LogP contribution in [-0.4, -0.2) is 35.6 Å². The van der Waals surface area contributed by atoms with Gasteiger partial charge in [0.05, 0.1) is 5.69 Å². The van der Waals surface area contributed by atoms with Crippen molar-refractivity contribution >= 4 is 22.9 Å². The lowest BCUT2D eigenvalue weighted by Crippen LogP contribution is -2.53. The van der Waals surface area contributed by atoms with E-state index in [9.17, 15) is 4.39 Å². The number of nitrogens with one attached hydrogen (secondary N) is 1. The van der Waals surface area contributed by atoms with E-state index < -0.39 is 0 Å². The monoisotopic (exact) mass is 279 g/mol. The van der Waals surface area contributed by atoms with E-state index in [1.54, 1.807) is 12.1 Å². The van der Waals surface area contributed by atoms with Crippen molar-refractivity contribution in [3.8, 4) is 0 Å². The molecule has 3 fully saturated rings. The van der Waals surface area contributed by atoms with E-state index in [1.165, 1.54) is 32.0 Å². The van der Waals surface area contributed by atoms with Gasteiger partial charge in [-0.2, -0.15) is 0 Å². The Balaban J connectivity index is 1.75. The molecule has 3 heterocycles. The summed E-state index contributed by atoms with van der Waals surface area (Å²) in [7, 11) is 0. The molecular weight excluding hydrogens is 261 g/mol. The molecule has 1 aromatic carbocycles. The van der Waals surface area contributed by atoms with Gasteiger partial charge >= 0.3 is 0 Å². The van der Waals surface area contributed by atoms with Crippen molar-refractivity contribution in [2.24, 2.45) is 11.7 Å². The van der Waals surface area contributed by atoms with Crippen LogP contribution in [-0.2, 0) is 0 Å². The molecule has 3 N–H and O–H groups in total. The highest BCUT2D eigenvalue weighted by molar-refractivity contribution is 7.80. The van der Waals surface area contributed by atoms with Crippen LogP contribution in [0.2, 0.25) is 0 Å². The zero-order chi connectivity index (χ0) is 13.4. The first-order valence-corrected chi connectivity index (χ1v) is 7.12. The van der Waals surface area contributed by atoms with Gasteiger partial charge in [0.15, 0.2) is 0 Å². The van der Waals surface area contributed by atoms with Crippen LogP contribution < -0.4 is 11.1 Å². The number of hydrogen-bond donors (Lipinski definition) is 2. The Morgan fingerprint density at radius 1 is 1.37 bits per heavy atom. The highest BCUT2D eigenvalue weighted by Gasteiger charge is 2.34. The molecule has 0 amide bonds. The maximum absolute atomic E-state index is 14.0. The smallest absolute Gasteiger partial charge is 0.146 e. The predicted molar refractivity (Wildman–Crippen MR) is 78.9 cm³/mol. The second-order valence-corrected chi connectivity index (χ2v) is 5.89. The van der Waals surface area contributed by atoms with Crippen molar-refractivity contribution in [3.05, 3.63) is 29.6 Å². The molecule has 0 radical (unpaired) electrons. The molecule has 3 aliphatic rings. The molecular formula is C14H18FN3S. The lowest BCUT2D eigenvalue weighted by molar-refractivity contribution is 0.0974. The third-order valence-electron chi connectivity index (χ3n) is 4.25. The number of rotatable bonds is 3. The number of piperidine rings is 3. The van der Waals surface area contributed by atoms with Gasteiger partial charge in [0.1, 0.15) is 10.8 Å². The largest absolute Gasteiger partial charge is 0.389 e. The normalized spacial score (nSPS) is 29.2. The third kappa shape index (κ3) is 2.58. The summed E-state index contributed by atoms with van der Waals surface area (Å²) >= 11 is 4.85. The Morgan fingerprint density at radius 3 is 2.63 bits per heavy atom. The zero-order valence-corrected chi connectivity index (χ0v) is 11.5. The Labute approximate surface area is 118 Å². The number of nitrogens with two attached hydrogens (primary N) is 1. The van der Waals surface area contributed by atoms with E-state index in [0.29, 0.717) is 23.2 Å². The number of hydrogen-bond acceptors (Lipinski definition) is 3. The van der Waals surface area contributed by atoms with Gasteiger partial charge in [-0.25, -0.2) is 4.39 Å². The minimum atomic E-state index is -0.276. The Kier molecular flexibility index (Phi) is 3.41. The first-order valence-electron chi connectivity index (χ1n) is 6.72. The van der Waals surface area contributed by atoms with Crippen LogP contribution in [0.1, 0.15) is 18.4 Å². The number of nitrogens with zero attached hydrogens (tertiary/aromatic N) is 1. The van der Waals surface area contributed by atoms with E-state index in [1.807, 2.05) is 0 Å². The molecule has 0 saturated carbocycles. The van der Waals surface area contributed by atoms with Crippen LogP contribution in [0.15, 0.2) is 18.2 Å². The lowest BCUT2D eigenvalue weighted by atomic mass is 9.84. The van der Waals surface area contributed by atoms with E-state index >= 15 is 0 Å². The van der Waals surface area contributed by atoms with Gasteiger partial charge in [-0.3, -0.25) is 0 Å². The third-order valence-corrected chi connectivity index (χ3v) is 4.49. The van der Waals surface area contributed by atoms with Crippen LogP contribution in [0, 0.1) is 11.7 Å². The first kappa shape index (κ1) is 12.8. The second kappa shape index (κ2) is 5.06. The van der Waals surface area contributed by atoms with Crippen LogP contribution >= 0.6 is 12.2 Å². The first-order chi connectivity index (χ1) is 9.13. The standard InChI is InChI=1S/C14H18FN3S/c15-11-7-10(14(16)19)1-2-12(11)17-13-8-18-5-3-9(13)4-6-18/h1-2,7,9,13,17H,3-6,8H2,(H2,16,19). The molecule has 1 aromatic rings. The van der Waals surface area contributed by atoms with Crippen LogP contribution in [0.25, 0.3) is 0 Å². The van der Waals surface area contributed by atoms with Gasteiger partial charge in [-0.05, 0) is 50.0 Å². The van der Waals surface area contributed by atoms with Crippen LogP contribution in [0.5, 0.6) is 0 Å². The molecule has 2 bridgehead atoms. The van der Waals surface area contributed by atoms with Gasteiger partial charge in [0.2, 0.25) is 0 Å². The molecule has 19 heavy (non-hydrogen) atoms. The molecule has 1 unspecified atom stereocenters. The average molecular weight is 279 g/mol. The molecule has 3 saturated heterocycles. The molecule has 3 aliphatic heterocycles. The van der Waals surface area contributed by atoms with Gasteiger partial charge in [-0.15, -0.1) is 0 Å². The molecule has 5 heteroatoms. The quantitative estimate of drug-likeness (QED) is 0.830. The van der Waals surface area contributed by atoms with Crippen LogP contribution in [0.3, 0.4) is 0 Å². The highest BCUT2D eigenvalue weighted by Crippen LogP contribution is 2.30. The number of thiocarbonyl (C=S) groups is 1. The maximum Gasteiger partial charge on any atom is 0.146 e. The Morgan fingerprint density at radius 2 is 2.11 bits per heavy atom. The van der Waals surface area contributed by atoms with E-state index in [2.05, 4.69) is 10.2 Å². The number of anilines is 1. The van der Waals surface area contributed by atoms with E-state index in [-0.39, 0.29) is 10.8 Å². The van der Waals surface area contributed by atoms with Crippen molar-refractivity contribution in [3.63, 3.8) is 0 Å². The molecule has 0 aromatic heterocycles. The minimum Gasteiger partial charge on any atom is -0.389 e. The average Bonchev–Trinajstić information content (AvgIpc) is 2.42. The van der Waals surface area contributed by atoms with Gasteiger partial charge in [0.25, 0.3) is 0 Å². The van der Waals surface area contributed by atoms with E-state index in [0.717, 1.165) is 6.54 Å². The van der Waals surface area contributed by atoms with Gasteiger partial charge in [0, 0.05) is 18.2 Å². The molecule has 0 aliphatic carbocycles. The lowest BCUT2D eigenvalue weighted by Gasteiger charge is -2.45. The summed E-state index contributed by atoms with van der Waals surface area (Å²) in [6.45, 7) is 3.39. The molecule has 4 rings (SSSR count). The molecule has 1 atom stereocenters. The summed E-state index contributed by atoms with van der Waals surface area (Å²) in [5.41, 5.74) is 6.63. The highest BCUT2D eigenvalue weighted by atomic mass is 32.1. The fourth-order valence-corrected chi connectivity index (χ4v) is 3.24. The summed E-state index contributed by atoms with van der Waals surface area (Å²) in [5, 5.41) is 3.35. The molecule has 0 spiro atoms. The molecule has 102 valence electrons. The summed E-state index contributed by atoms with van der Waals surface area (Å²) < 4.78 is 14.0. The van der Waals surface area contributed by atoms with E-state index in [4.69, 9.17) is 18.0 Å². The SMILES string of the molecule is NC(=S)c1ccc(NC2CN3CCC2CC3)c(F)c1. The summed E-state index contributed by atoms with van der Waals surface area (Å²) in [6.07, 6.45) is 2.43. The van der Waals surface area contributed by atoms with Crippen molar-refractivity contribution in [1.29, 1.82) is 0 Å². The van der Waals surface area contributed by atoms with Crippen molar-refractivity contribution < 1.29 is 4.39 Å². The zero-order valence-electron chi connectivity index (χ0n) is 10.7. The summed E-state index contributed by atoms with van der Waals surface area (Å²) in [4.78, 5) is 2.67. The Hall–Kier alpha value is -1.20. The van der Waals surface area contributed by atoms with Crippen molar-refractivity contribution in [2.45, 2.75) is 18.9 Å². The second-order valence-electron chi connectivity index (χ2n) is 5.45. The summed E-state index contributed by atoms with van der Waals surface area (Å²) in [5.74, 6) is 0.390. The maximum atomic E-state index is 14.0. The number of fused-ring (bicyclic) bond motifs is 3. The number of benzene rings is 1. The predicted octanol–water partition coefficient (Wildman–Crippen LogP) is 1.97. The molecule has 3 nitrogen and oxygen atoms in total. The fraction of sp³-hybridized carbons (Fsp3) is 0.500. The van der Waals surface area contributed by atoms with Crippen molar-refractivity contribution in [2.75, 3.05) is 25.0 Å². The fourth-order valence-electron chi connectivity index (χ4n) is 3.11.